The molecule has 3 heterocycles. The standard InChI is InChI=1S/C44H38ClF10N7O5S2/c1-41(2,68(3,64)65)12-11-30-24-5-4-6-25(24)33(26-9-10-29(45)35-37(26)62(19-42(48,49)50)59-40(35)60-69(66,67)23-7-8-23)36(57-30)31(15-20-13-21(46)16-22(47)14-20)56-32(63)18-61-39-34(38(58-61)44(53,54)55)27-17-28(27)43(39,51)52/h9-10,13-14,16,23,27-28,31H,4-8,15,17-19H2,1-3H3,(H,56,63)(H,59,60)/t27-,28+,31-/m0/s1. The van der Waals surface area contributed by atoms with Gasteiger partial charge in [-0.05, 0) is 106 Å². The fourth-order valence-corrected chi connectivity index (χ4v) is 11.0. The zero-order valence-corrected chi connectivity index (χ0v) is 38.7. The topological polar surface area (TPSA) is 158 Å². The van der Waals surface area contributed by atoms with Gasteiger partial charge in [0.05, 0.1) is 32.9 Å². The van der Waals surface area contributed by atoms with Crippen LogP contribution in [-0.2, 0) is 69.1 Å². The fraction of sp³-hybridized carbons (Fsp3) is 0.455. The highest BCUT2D eigenvalue weighted by molar-refractivity contribution is 7.93. The summed E-state index contributed by atoms with van der Waals surface area (Å²) in [6.45, 7) is -0.404. The summed E-state index contributed by atoms with van der Waals surface area (Å²) >= 11 is 6.67. The van der Waals surface area contributed by atoms with E-state index in [9.17, 15) is 56.8 Å². The molecule has 0 bridgehead atoms. The van der Waals surface area contributed by atoms with Crippen molar-refractivity contribution in [2.45, 2.75) is 112 Å². The van der Waals surface area contributed by atoms with Crippen molar-refractivity contribution in [3.63, 3.8) is 0 Å². The minimum absolute atomic E-state index is 0.0230. The van der Waals surface area contributed by atoms with Crippen LogP contribution in [0.5, 0.6) is 0 Å². The molecule has 9 rings (SSSR count). The second kappa shape index (κ2) is 16.3. The van der Waals surface area contributed by atoms with Crippen LogP contribution in [-0.4, -0.2) is 69.7 Å². The fourth-order valence-electron chi connectivity index (χ4n) is 9.22. The van der Waals surface area contributed by atoms with Crippen molar-refractivity contribution in [3.8, 4) is 23.0 Å². The second-order valence-electron chi connectivity index (χ2n) is 18.3. The third-order valence-electron chi connectivity index (χ3n) is 12.9. The van der Waals surface area contributed by atoms with Crippen molar-refractivity contribution in [2.24, 2.45) is 5.92 Å². The molecule has 2 N–H and O–H groups in total. The van der Waals surface area contributed by atoms with E-state index in [1.54, 1.807) is 0 Å². The van der Waals surface area contributed by atoms with Crippen LogP contribution in [0, 0.1) is 29.4 Å². The van der Waals surface area contributed by atoms with Crippen molar-refractivity contribution < 1.29 is 65.5 Å². The first-order valence-corrected chi connectivity index (χ1v) is 25.1. The molecule has 368 valence electrons. The Morgan fingerprint density at radius 1 is 0.971 bits per heavy atom. The first kappa shape index (κ1) is 48.6. The van der Waals surface area contributed by atoms with Gasteiger partial charge in [0.15, 0.2) is 21.3 Å². The Bertz CT molecular complexity index is 3280. The molecule has 2 fully saturated rings. The highest BCUT2D eigenvalue weighted by atomic mass is 35.5. The summed E-state index contributed by atoms with van der Waals surface area (Å²) < 4.78 is 200. The van der Waals surface area contributed by atoms with Gasteiger partial charge in [0.2, 0.25) is 15.9 Å². The maximum absolute atomic E-state index is 15.6. The van der Waals surface area contributed by atoms with Crippen LogP contribution >= 0.6 is 11.6 Å². The predicted molar refractivity (Wildman–Crippen MR) is 230 cm³/mol. The van der Waals surface area contributed by atoms with Gasteiger partial charge in [-0.15, -0.1) is 0 Å². The van der Waals surface area contributed by atoms with Crippen LogP contribution in [0.25, 0.3) is 22.0 Å². The third kappa shape index (κ3) is 9.02. The van der Waals surface area contributed by atoms with Crippen LogP contribution in [0.15, 0.2) is 30.3 Å². The number of alkyl halides is 8. The zero-order valence-electron chi connectivity index (χ0n) is 36.3. The molecule has 3 atom stereocenters. The van der Waals surface area contributed by atoms with Gasteiger partial charge >= 0.3 is 12.4 Å². The van der Waals surface area contributed by atoms with E-state index in [4.69, 9.17) is 16.6 Å². The number of aromatic nitrogens is 5. The molecule has 4 aliphatic carbocycles. The Morgan fingerprint density at radius 3 is 2.26 bits per heavy atom. The lowest BCUT2D eigenvalue weighted by Crippen LogP contribution is -2.35. The van der Waals surface area contributed by atoms with Gasteiger partial charge in [-0.25, -0.2) is 30.6 Å². The molecule has 3 aromatic heterocycles. The molecule has 69 heavy (non-hydrogen) atoms. The smallest absolute Gasteiger partial charge is 0.346 e. The van der Waals surface area contributed by atoms with E-state index in [-0.39, 0.29) is 80.8 Å². The van der Waals surface area contributed by atoms with E-state index in [2.05, 4.69) is 32.1 Å². The summed E-state index contributed by atoms with van der Waals surface area (Å²) in [6.07, 6.45) is -8.82. The molecule has 2 saturated carbocycles. The molecule has 5 aromatic rings. The average molecular weight is 1030 g/mol. The van der Waals surface area contributed by atoms with Gasteiger partial charge < -0.3 is 5.32 Å². The summed E-state index contributed by atoms with van der Waals surface area (Å²) in [7, 11) is -8.05. The molecule has 0 aliphatic heterocycles. The largest absolute Gasteiger partial charge is 0.435 e. The van der Waals surface area contributed by atoms with Crippen molar-refractivity contribution in [2.75, 3.05) is 11.0 Å². The number of amides is 1. The quantitative estimate of drug-likeness (QED) is 0.0929. The summed E-state index contributed by atoms with van der Waals surface area (Å²) in [5.41, 5.74) is -3.75. The van der Waals surface area contributed by atoms with E-state index >= 15 is 8.78 Å². The number of nitrogens with zero attached hydrogens (tertiary/aromatic N) is 5. The number of rotatable bonds is 12. The Kier molecular flexibility index (Phi) is 11.5. The molecule has 0 unspecified atom stereocenters. The number of hydrogen-bond acceptors (Lipinski definition) is 8. The van der Waals surface area contributed by atoms with E-state index in [0.29, 0.717) is 28.3 Å². The number of hydrogen-bond donors (Lipinski definition) is 2. The van der Waals surface area contributed by atoms with Gasteiger partial charge in [-0.2, -0.15) is 45.3 Å². The molecule has 12 nitrogen and oxygen atoms in total. The van der Waals surface area contributed by atoms with Gasteiger partial charge in [0.1, 0.15) is 40.9 Å². The SMILES string of the molecule is CC(C)(C#Cc1nc([C@H](Cc2cc(F)cc(F)c2)NC(=O)Cn2nc(C(F)(F)F)c3c2C(F)(F)[C@@H]2C[C@H]32)c(-c2ccc(Cl)c3c(NS(=O)(=O)C4CC4)nn(CC(F)(F)F)c23)c2c1CCC2)S(C)(=O)=O. The van der Waals surface area contributed by atoms with Gasteiger partial charge in [-0.1, -0.05) is 23.6 Å². The Morgan fingerprint density at radius 2 is 1.64 bits per heavy atom. The molecule has 0 radical (unpaired) electrons. The van der Waals surface area contributed by atoms with Crippen molar-refractivity contribution in [3.05, 3.63) is 92.0 Å². The Labute approximate surface area is 392 Å². The number of carbonyl (C=O) groups is 1. The predicted octanol–water partition coefficient (Wildman–Crippen LogP) is 8.68. The molecule has 1 amide bonds. The second-order valence-corrected chi connectivity index (χ2v) is 23.2. The maximum Gasteiger partial charge on any atom is 0.435 e. The molecule has 4 aliphatic rings. The number of benzene rings is 2. The summed E-state index contributed by atoms with van der Waals surface area (Å²) in [6, 6.07) is 3.15. The Hall–Kier alpha value is -5.41. The first-order valence-electron chi connectivity index (χ1n) is 21.3. The van der Waals surface area contributed by atoms with Crippen LogP contribution in [0.2, 0.25) is 5.02 Å². The molecule has 0 saturated heterocycles. The van der Waals surface area contributed by atoms with E-state index in [1.165, 1.54) is 26.0 Å². The summed E-state index contributed by atoms with van der Waals surface area (Å²) in [5, 5.41) is 8.65. The zero-order chi connectivity index (χ0) is 50.1. The lowest BCUT2D eigenvalue weighted by atomic mass is 9.88. The van der Waals surface area contributed by atoms with Crippen molar-refractivity contribution in [1.29, 1.82) is 0 Å². The Balaban J connectivity index is 1.29. The summed E-state index contributed by atoms with van der Waals surface area (Å²) in [4.78, 5) is 19.1. The number of anilines is 1. The number of pyridine rings is 1. The maximum atomic E-state index is 15.6. The average Bonchev–Trinajstić information content (AvgIpc) is 4.08. The number of nitrogens with one attached hydrogen (secondary N) is 2. The normalized spacial score (nSPS) is 19.2. The lowest BCUT2D eigenvalue weighted by Gasteiger charge is -2.25. The number of sulfone groups is 1. The number of halogens is 11. The van der Waals surface area contributed by atoms with Crippen molar-refractivity contribution >= 4 is 54.1 Å². The molecule has 2 aromatic carbocycles. The van der Waals surface area contributed by atoms with E-state index in [1.807, 2.05) is 0 Å². The van der Waals surface area contributed by atoms with Gasteiger partial charge in [0.25, 0.3) is 5.92 Å². The molecular weight excluding hydrogens is 996 g/mol. The van der Waals surface area contributed by atoms with E-state index in [0.717, 1.165) is 18.4 Å². The number of carbonyl (C=O) groups excluding carboxylic acids is 1. The van der Waals surface area contributed by atoms with Crippen LogP contribution < -0.4 is 10.0 Å². The molecular formula is C44H38ClF10N7O5S2. The monoisotopic (exact) mass is 1030 g/mol. The van der Waals surface area contributed by atoms with Gasteiger partial charge in [0, 0.05) is 34.9 Å². The minimum Gasteiger partial charge on any atom is -0.346 e. The van der Waals surface area contributed by atoms with Crippen molar-refractivity contribution in [1.82, 2.24) is 29.9 Å². The number of sulfonamides is 1. The van der Waals surface area contributed by atoms with Crippen LogP contribution in [0.1, 0.15) is 96.5 Å². The van der Waals surface area contributed by atoms with Gasteiger partial charge in [-0.3, -0.25) is 18.9 Å². The highest BCUT2D eigenvalue weighted by Crippen LogP contribution is 2.68. The van der Waals surface area contributed by atoms with Crippen LogP contribution in [0.4, 0.5) is 49.7 Å². The third-order valence-corrected chi connectivity index (χ3v) is 17.0. The first-order chi connectivity index (χ1) is 31.9. The molecule has 0 spiro atoms. The van der Waals surface area contributed by atoms with Crippen LogP contribution in [0.3, 0.4) is 0 Å². The van der Waals surface area contributed by atoms with E-state index < -0.39 is 126 Å². The lowest BCUT2D eigenvalue weighted by molar-refractivity contribution is -0.142. The highest BCUT2D eigenvalue weighted by Gasteiger charge is 2.68. The summed E-state index contributed by atoms with van der Waals surface area (Å²) in [5.74, 6) is -4.91. The number of fused-ring (bicyclic) bond motifs is 5. The molecule has 25 heteroatoms. The minimum atomic E-state index is -5.18.